The van der Waals surface area contributed by atoms with Gasteiger partial charge >= 0.3 is 0 Å². The maximum atomic E-state index is 12.4. The lowest BCUT2D eigenvalue weighted by Crippen LogP contribution is -2.02. The van der Waals surface area contributed by atoms with Gasteiger partial charge in [-0.15, -0.1) is 0 Å². The van der Waals surface area contributed by atoms with Crippen LogP contribution in [0.5, 0.6) is 5.75 Å². The molecule has 2 aromatic rings. The van der Waals surface area contributed by atoms with E-state index in [0.29, 0.717) is 0 Å². The van der Waals surface area contributed by atoms with Crippen molar-refractivity contribution in [3.8, 4) is 5.75 Å². The largest absolute Gasteiger partial charge is 0.507 e. The van der Waals surface area contributed by atoms with Gasteiger partial charge in [-0.3, -0.25) is 4.79 Å². The van der Waals surface area contributed by atoms with Gasteiger partial charge in [-0.2, -0.15) is 0 Å². The summed E-state index contributed by atoms with van der Waals surface area (Å²) in [7, 11) is 0. The Hall–Kier alpha value is -3.04. The smallest absolute Gasteiger partial charge is 0.199 e. The van der Waals surface area contributed by atoms with Crippen molar-refractivity contribution in [3.05, 3.63) is 81.4 Å². The first kappa shape index (κ1) is 14.4. The third-order valence-electron chi connectivity index (χ3n) is 2.89. The molecule has 0 aliphatic carbocycles. The van der Waals surface area contributed by atoms with Crippen molar-refractivity contribution in [2.75, 3.05) is 0 Å². The summed E-state index contributed by atoms with van der Waals surface area (Å²) >= 11 is 0. The first-order chi connectivity index (χ1) is 10.1. The van der Waals surface area contributed by atoms with E-state index in [-0.39, 0.29) is 17.0 Å². The number of phenolic OH excluding ortho intramolecular Hbond substituents is 1. The number of aromatic hydroxyl groups is 1. The molecular weight excluding hydrogens is 266 g/mol. The normalized spacial score (nSPS) is 10.8. The van der Waals surface area contributed by atoms with Gasteiger partial charge in [0.05, 0.1) is 11.3 Å². The van der Waals surface area contributed by atoms with Crippen molar-refractivity contribution < 1.29 is 9.90 Å². The quantitative estimate of drug-likeness (QED) is 0.298. The first-order valence-electron chi connectivity index (χ1n) is 6.28. The minimum absolute atomic E-state index is 0.0668. The summed E-state index contributed by atoms with van der Waals surface area (Å²) in [5, 5.41) is 13.3. The Morgan fingerprint density at radius 2 is 1.95 bits per heavy atom. The Balaban J connectivity index is 2.45. The summed E-state index contributed by atoms with van der Waals surface area (Å²) in [6, 6.07) is 13.8. The Labute approximate surface area is 121 Å². The Kier molecular flexibility index (Phi) is 4.39. The molecule has 0 bridgehead atoms. The van der Waals surface area contributed by atoms with Crippen LogP contribution in [0.2, 0.25) is 0 Å². The van der Waals surface area contributed by atoms with Gasteiger partial charge in [0.2, 0.25) is 0 Å². The second-order valence-corrected chi connectivity index (χ2v) is 4.48. The number of azide groups is 1. The van der Waals surface area contributed by atoms with Gasteiger partial charge in [-0.1, -0.05) is 41.5 Å². The van der Waals surface area contributed by atoms with E-state index in [1.165, 1.54) is 18.2 Å². The first-order valence-corrected chi connectivity index (χ1v) is 6.28. The number of benzene rings is 2. The van der Waals surface area contributed by atoms with Crippen LogP contribution in [0, 0.1) is 6.92 Å². The molecule has 0 amide bonds. The zero-order valence-electron chi connectivity index (χ0n) is 11.4. The number of carbonyl (C=O) groups is 1. The average Bonchev–Trinajstić information content (AvgIpc) is 2.47. The van der Waals surface area contributed by atoms with Crippen molar-refractivity contribution in [1.82, 2.24) is 0 Å². The summed E-state index contributed by atoms with van der Waals surface area (Å²) < 4.78 is 0. The number of hydrogen-bond donors (Lipinski definition) is 1. The van der Waals surface area contributed by atoms with Crippen LogP contribution in [0.25, 0.3) is 16.5 Å². The maximum Gasteiger partial charge on any atom is 0.199 e. The van der Waals surface area contributed by atoms with Gasteiger partial charge in [-0.25, -0.2) is 0 Å². The number of ketones is 1. The van der Waals surface area contributed by atoms with Crippen LogP contribution in [0.3, 0.4) is 0 Å². The molecule has 0 unspecified atom stereocenters. The molecular formula is C16H13N3O2. The summed E-state index contributed by atoms with van der Waals surface area (Å²) in [4.78, 5) is 15.1. The van der Waals surface area contributed by atoms with E-state index in [1.54, 1.807) is 18.2 Å². The fraction of sp³-hybridized carbons (Fsp3) is 0.0625. The van der Waals surface area contributed by atoms with Crippen molar-refractivity contribution in [2.45, 2.75) is 6.92 Å². The van der Waals surface area contributed by atoms with Crippen molar-refractivity contribution >= 4 is 11.9 Å². The van der Waals surface area contributed by atoms with E-state index in [9.17, 15) is 9.90 Å². The molecule has 0 saturated carbocycles. The van der Waals surface area contributed by atoms with E-state index in [4.69, 9.17) is 5.53 Å². The highest BCUT2D eigenvalue weighted by molar-refractivity contribution is 6.12. The molecule has 0 spiro atoms. The molecule has 2 aromatic carbocycles. The molecule has 0 saturated heterocycles. The van der Waals surface area contributed by atoms with Crippen LogP contribution >= 0.6 is 0 Å². The van der Waals surface area contributed by atoms with Crippen LogP contribution in [0.1, 0.15) is 21.5 Å². The van der Waals surface area contributed by atoms with Crippen LogP contribution in [-0.2, 0) is 0 Å². The Morgan fingerprint density at radius 3 is 2.57 bits per heavy atom. The van der Waals surface area contributed by atoms with E-state index < -0.39 is 5.78 Å². The summed E-state index contributed by atoms with van der Waals surface area (Å²) in [5.74, 6) is -0.652. The summed E-state index contributed by atoms with van der Waals surface area (Å²) in [5.41, 5.74) is 10.2. The van der Waals surface area contributed by atoms with E-state index in [1.807, 2.05) is 25.1 Å². The zero-order valence-corrected chi connectivity index (χ0v) is 11.4. The molecule has 21 heavy (non-hydrogen) atoms. The fourth-order valence-electron chi connectivity index (χ4n) is 1.87. The summed E-state index contributed by atoms with van der Waals surface area (Å²) in [6.45, 7) is 1.81. The molecule has 0 aliphatic heterocycles. The van der Waals surface area contributed by atoms with Gasteiger partial charge in [-0.05, 0) is 41.8 Å². The highest BCUT2D eigenvalue weighted by Crippen LogP contribution is 2.23. The van der Waals surface area contributed by atoms with E-state index in [0.717, 1.165) is 11.1 Å². The lowest BCUT2D eigenvalue weighted by molar-refractivity contribution is 0.103. The molecule has 0 aromatic heterocycles. The number of rotatable bonds is 4. The van der Waals surface area contributed by atoms with Crippen molar-refractivity contribution in [2.24, 2.45) is 5.11 Å². The van der Waals surface area contributed by atoms with Crippen LogP contribution < -0.4 is 0 Å². The molecule has 104 valence electrons. The highest BCUT2D eigenvalue weighted by Gasteiger charge is 2.15. The minimum Gasteiger partial charge on any atom is -0.507 e. The molecule has 2 rings (SSSR count). The average molecular weight is 279 g/mol. The lowest BCUT2D eigenvalue weighted by atomic mass is 10.0. The van der Waals surface area contributed by atoms with Gasteiger partial charge in [0.15, 0.2) is 5.78 Å². The van der Waals surface area contributed by atoms with Gasteiger partial charge in [0.25, 0.3) is 0 Å². The molecule has 1 N–H and O–H groups in total. The highest BCUT2D eigenvalue weighted by atomic mass is 16.3. The number of hydrogen-bond acceptors (Lipinski definition) is 3. The molecule has 0 fully saturated rings. The third-order valence-corrected chi connectivity index (χ3v) is 2.89. The van der Waals surface area contributed by atoms with E-state index >= 15 is 0 Å². The second-order valence-electron chi connectivity index (χ2n) is 4.48. The SMILES string of the molecule is Cc1ccc(C(=O)/C(=C/c2ccccc2)N=[N+]=[N-])c(O)c1. The fourth-order valence-corrected chi connectivity index (χ4v) is 1.87. The number of nitrogens with zero attached hydrogens (tertiary/aromatic N) is 3. The second kappa shape index (κ2) is 6.41. The Bertz CT molecular complexity index is 745. The number of phenols is 1. The lowest BCUT2D eigenvalue weighted by Gasteiger charge is -2.05. The Morgan fingerprint density at radius 1 is 1.24 bits per heavy atom. The molecule has 5 nitrogen and oxygen atoms in total. The van der Waals surface area contributed by atoms with Crippen molar-refractivity contribution in [1.29, 1.82) is 0 Å². The van der Waals surface area contributed by atoms with Crippen LogP contribution in [-0.4, -0.2) is 10.9 Å². The monoisotopic (exact) mass is 279 g/mol. The number of aryl methyl sites for hydroxylation is 1. The maximum absolute atomic E-state index is 12.4. The molecule has 0 heterocycles. The topological polar surface area (TPSA) is 86.1 Å². The van der Waals surface area contributed by atoms with Gasteiger partial charge in [0, 0.05) is 4.91 Å². The predicted molar refractivity (Wildman–Crippen MR) is 80.7 cm³/mol. The van der Waals surface area contributed by atoms with Gasteiger partial charge < -0.3 is 5.11 Å². The van der Waals surface area contributed by atoms with Crippen LogP contribution in [0.4, 0.5) is 0 Å². The number of carbonyl (C=O) groups excluding carboxylic acids is 1. The zero-order chi connectivity index (χ0) is 15.2. The number of Topliss-reactive ketones (excluding diaryl/α,β-unsaturated/α-hetero) is 1. The molecule has 0 atom stereocenters. The predicted octanol–water partition coefficient (Wildman–Crippen LogP) is 4.23. The standard InChI is InChI=1S/C16H13N3O2/c1-11-7-8-13(15(20)9-11)16(21)14(18-19-17)10-12-5-3-2-4-6-12/h2-10,20H,1H3/b14-10-. The van der Waals surface area contributed by atoms with Gasteiger partial charge in [0.1, 0.15) is 5.75 Å². The number of allylic oxidation sites excluding steroid dienone is 1. The molecule has 5 heteroatoms. The molecule has 0 aliphatic rings. The van der Waals surface area contributed by atoms with Crippen LogP contribution in [0.15, 0.2) is 59.3 Å². The minimum atomic E-state index is -0.519. The molecule has 0 radical (unpaired) electrons. The summed E-state index contributed by atoms with van der Waals surface area (Å²) in [6.07, 6.45) is 1.49. The third kappa shape index (κ3) is 3.49. The van der Waals surface area contributed by atoms with Crippen molar-refractivity contribution in [3.63, 3.8) is 0 Å². The van der Waals surface area contributed by atoms with E-state index in [2.05, 4.69) is 10.0 Å².